The number of benzene rings is 2. The number of carbonyl (C=O) groups excluding carboxylic acids is 2. The molecular formula is C21H24BrN3O4. The largest absolute Gasteiger partial charge is 0.493 e. The van der Waals surface area contributed by atoms with Crippen molar-refractivity contribution < 1.29 is 19.1 Å². The van der Waals surface area contributed by atoms with Crippen LogP contribution in [-0.4, -0.2) is 38.3 Å². The van der Waals surface area contributed by atoms with Crippen LogP contribution in [0.3, 0.4) is 0 Å². The maximum absolute atomic E-state index is 12.6. The Morgan fingerprint density at radius 3 is 2.28 bits per heavy atom. The molecule has 2 N–H and O–H groups in total. The predicted octanol–water partition coefficient (Wildman–Crippen LogP) is 3.37. The van der Waals surface area contributed by atoms with Gasteiger partial charge in [-0.15, -0.1) is 0 Å². The summed E-state index contributed by atoms with van der Waals surface area (Å²) in [6.45, 7) is 3.70. The number of nitrogens with zero attached hydrogens (tertiary/aromatic N) is 1. The van der Waals surface area contributed by atoms with Crippen LogP contribution >= 0.6 is 15.9 Å². The van der Waals surface area contributed by atoms with Gasteiger partial charge in [0.05, 0.1) is 20.4 Å². The topological polar surface area (TPSA) is 89.0 Å². The van der Waals surface area contributed by atoms with Crippen LogP contribution in [0, 0.1) is 5.92 Å². The van der Waals surface area contributed by atoms with E-state index in [4.69, 9.17) is 9.47 Å². The fourth-order valence-electron chi connectivity index (χ4n) is 2.55. The zero-order valence-electron chi connectivity index (χ0n) is 16.7. The molecule has 2 aromatic carbocycles. The SMILES string of the molecule is COc1cc(Br)c(C=NNC(=O)C(NC(=O)c2ccccc2)C(C)C)cc1OC. The molecule has 0 saturated heterocycles. The van der Waals surface area contributed by atoms with Gasteiger partial charge in [0.15, 0.2) is 11.5 Å². The van der Waals surface area contributed by atoms with E-state index in [9.17, 15) is 9.59 Å². The minimum absolute atomic E-state index is 0.120. The molecule has 154 valence electrons. The van der Waals surface area contributed by atoms with Crippen LogP contribution in [0.2, 0.25) is 0 Å². The molecule has 0 aliphatic rings. The lowest BCUT2D eigenvalue weighted by Crippen LogP contribution is -2.48. The molecule has 0 aliphatic carbocycles. The van der Waals surface area contributed by atoms with Crippen LogP contribution in [-0.2, 0) is 4.79 Å². The number of nitrogens with one attached hydrogen (secondary N) is 2. The Bertz CT molecular complexity index is 885. The van der Waals surface area contributed by atoms with E-state index in [0.717, 1.165) is 4.47 Å². The van der Waals surface area contributed by atoms with Gasteiger partial charge in [0.1, 0.15) is 6.04 Å². The lowest BCUT2D eigenvalue weighted by molar-refractivity contribution is -0.123. The normalized spacial score (nSPS) is 11.9. The molecule has 0 spiro atoms. The van der Waals surface area contributed by atoms with Gasteiger partial charge < -0.3 is 14.8 Å². The highest BCUT2D eigenvalue weighted by molar-refractivity contribution is 9.10. The molecule has 2 rings (SSSR count). The Balaban J connectivity index is 2.08. The van der Waals surface area contributed by atoms with Crippen LogP contribution in [0.15, 0.2) is 52.0 Å². The Hall–Kier alpha value is -2.87. The number of carbonyl (C=O) groups is 2. The first-order valence-corrected chi connectivity index (χ1v) is 9.77. The van der Waals surface area contributed by atoms with Crippen molar-refractivity contribution in [3.63, 3.8) is 0 Å². The second kappa shape index (κ2) is 10.6. The summed E-state index contributed by atoms with van der Waals surface area (Å²) in [5.41, 5.74) is 3.67. The van der Waals surface area contributed by atoms with Gasteiger partial charge in [-0.05, 0) is 46.1 Å². The average Bonchev–Trinajstić information content (AvgIpc) is 2.72. The minimum atomic E-state index is -0.728. The fraction of sp³-hybridized carbons (Fsp3) is 0.286. The van der Waals surface area contributed by atoms with E-state index in [1.807, 2.05) is 19.9 Å². The summed E-state index contributed by atoms with van der Waals surface area (Å²) < 4.78 is 11.2. The van der Waals surface area contributed by atoms with E-state index >= 15 is 0 Å². The number of methoxy groups -OCH3 is 2. The lowest BCUT2D eigenvalue weighted by Gasteiger charge is -2.20. The van der Waals surface area contributed by atoms with Gasteiger partial charge in [0.25, 0.3) is 11.8 Å². The van der Waals surface area contributed by atoms with Crippen LogP contribution in [0.5, 0.6) is 11.5 Å². The summed E-state index contributed by atoms with van der Waals surface area (Å²) in [6.07, 6.45) is 1.49. The van der Waals surface area contributed by atoms with Gasteiger partial charge >= 0.3 is 0 Å². The Morgan fingerprint density at radius 2 is 1.69 bits per heavy atom. The van der Waals surface area contributed by atoms with E-state index in [1.165, 1.54) is 13.3 Å². The van der Waals surface area contributed by atoms with Gasteiger partial charge in [0, 0.05) is 15.6 Å². The van der Waals surface area contributed by atoms with E-state index in [2.05, 4.69) is 31.8 Å². The van der Waals surface area contributed by atoms with Crippen LogP contribution < -0.4 is 20.2 Å². The van der Waals surface area contributed by atoms with Crippen molar-refractivity contribution in [2.75, 3.05) is 14.2 Å². The summed E-state index contributed by atoms with van der Waals surface area (Å²) in [5.74, 6) is 0.275. The van der Waals surface area contributed by atoms with Gasteiger partial charge in [-0.2, -0.15) is 5.10 Å². The van der Waals surface area contributed by atoms with Gasteiger partial charge in [-0.3, -0.25) is 9.59 Å². The lowest BCUT2D eigenvalue weighted by atomic mass is 10.0. The number of amides is 2. The Kier molecular flexibility index (Phi) is 8.21. The van der Waals surface area contributed by atoms with E-state index in [0.29, 0.717) is 22.6 Å². The summed E-state index contributed by atoms with van der Waals surface area (Å²) in [7, 11) is 3.09. The molecule has 29 heavy (non-hydrogen) atoms. The number of hydrogen-bond donors (Lipinski definition) is 2. The zero-order chi connectivity index (χ0) is 21.4. The molecule has 0 aromatic heterocycles. The average molecular weight is 462 g/mol. The van der Waals surface area contributed by atoms with Crippen molar-refractivity contribution in [1.82, 2.24) is 10.7 Å². The van der Waals surface area contributed by atoms with Crippen molar-refractivity contribution >= 4 is 34.0 Å². The first-order valence-electron chi connectivity index (χ1n) is 8.97. The molecule has 0 saturated carbocycles. The number of hydrogen-bond acceptors (Lipinski definition) is 5. The molecule has 0 aliphatic heterocycles. The smallest absolute Gasteiger partial charge is 0.262 e. The van der Waals surface area contributed by atoms with Crippen LogP contribution in [0.1, 0.15) is 29.8 Å². The van der Waals surface area contributed by atoms with Crippen molar-refractivity contribution in [3.8, 4) is 11.5 Å². The Morgan fingerprint density at radius 1 is 1.07 bits per heavy atom. The molecule has 8 heteroatoms. The monoisotopic (exact) mass is 461 g/mol. The van der Waals surface area contributed by atoms with Crippen molar-refractivity contribution in [2.24, 2.45) is 11.0 Å². The van der Waals surface area contributed by atoms with Gasteiger partial charge in [-0.25, -0.2) is 5.43 Å². The van der Waals surface area contributed by atoms with Gasteiger partial charge in [0.2, 0.25) is 0 Å². The third-order valence-corrected chi connectivity index (χ3v) is 4.84. The first-order chi connectivity index (χ1) is 13.9. The van der Waals surface area contributed by atoms with Crippen molar-refractivity contribution in [1.29, 1.82) is 0 Å². The summed E-state index contributed by atoms with van der Waals surface area (Å²) in [4.78, 5) is 24.9. The van der Waals surface area contributed by atoms with E-state index < -0.39 is 11.9 Å². The quantitative estimate of drug-likeness (QED) is 0.465. The third-order valence-electron chi connectivity index (χ3n) is 4.15. The second-order valence-electron chi connectivity index (χ2n) is 6.52. The van der Waals surface area contributed by atoms with Gasteiger partial charge in [-0.1, -0.05) is 32.0 Å². The van der Waals surface area contributed by atoms with Crippen molar-refractivity contribution in [2.45, 2.75) is 19.9 Å². The predicted molar refractivity (Wildman–Crippen MR) is 116 cm³/mol. The number of hydrazone groups is 1. The van der Waals surface area contributed by atoms with Crippen LogP contribution in [0.4, 0.5) is 0 Å². The maximum Gasteiger partial charge on any atom is 0.262 e. The van der Waals surface area contributed by atoms with Crippen molar-refractivity contribution in [3.05, 3.63) is 58.1 Å². The maximum atomic E-state index is 12.6. The van der Waals surface area contributed by atoms with E-state index in [-0.39, 0.29) is 11.8 Å². The number of rotatable bonds is 8. The molecule has 1 unspecified atom stereocenters. The summed E-state index contributed by atoms with van der Waals surface area (Å²) in [6, 6.07) is 11.5. The molecule has 0 radical (unpaired) electrons. The number of ether oxygens (including phenoxy) is 2. The molecule has 0 fully saturated rings. The molecule has 0 bridgehead atoms. The summed E-state index contributed by atoms with van der Waals surface area (Å²) in [5, 5.41) is 6.77. The second-order valence-corrected chi connectivity index (χ2v) is 7.38. The molecule has 0 heterocycles. The molecule has 7 nitrogen and oxygen atoms in total. The summed E-state index contributed by atoms with van der Waals surface area (Å²) >= 11 is 3.43. The first kappa shape index (κ1) is 22.4. The Labute approximate surface area is 178 Å². The van der Waals surface area contributed by atoms with E-state index in [1.54, 1.807) is 43.5 Å². The third kappa shape index (κ3) is 6.05. The molecule has 1 atom stereocenters. The zero-order valence-corrected chi connectivity index (χ0v) is 18.3. The van der Waals surface area contributed by atoms with Crippen LogP contribution in [0.25, 0.3) is 0 Å². The standard InChI is InChI=1S/C21H24BrN3O4/c1-13(2)19(24-20(26)14-8-6-5-7-9-14)21(27)25-23-12-15-10-17(28-3)18(29-4)11-16(15)22/h5-13,19H,1-4H3,(H,24,26)(H,25,27). The highest BCUT2D eigenvalue weighted by Crippen LogP contribution is 2.32. The fourth-order valence-corrected chi connectivity index (χ4v) is 2.98. The number of halogens is 1. The molecular weight excluding hydrogens is 438 g/mol. The highest BCUT2D eigenvalue weighted by Gasteiger charge is 2.24. The molecule has 2 aromatic rings. The highest BCUT2D eigenvalue weighted by atomic mass is 79.9. The minimum Gasteiger partial charge on any atom is -0.493 e. The molecule has 2 amide bonds.